The number of aryl methyl sites for hydroxylation is 2. The molecule has 5 nitrogen and oxygen atoms in total. The third kappa shape index (κ3) is 5.43. The van der Waals surface area contributed by atoms with E-state index in [-0.39, 0.29) is 10.6 Å². The summed E-state index contributed by atoms with van der Waals surface area (Å²) in [6.07, 6.45) is 3.01. The Kier molecular flexibility index (Phi) is 7.80. The van der Waals surface area contributed by atoms with Crippen molar-refractivity contribution in [2.45, 2.75) is 55.9 Å². The summed E-state index contributed by atoms with van der Waals surface area (Å²) in [5, 5.41) is 9.55. The number of hydrogen-bond donors (Lipinski definition) is 1. The van der Waals surface area contributed by atoms with Crippen LogP contribution in [0.3, 0.4) is 0 Å². The van der Waals surface area contributed by atoms with Crippen molar-refractivity contribution in [1.82, 2.24) is 0 Å². The molecule has 3 aromatic rings. The van der Waals surface area contributed by atoms with E-state index in [0.717, 1.165) is 41.0 Å². The van der Waals surface area contributed by atoms with Crippen LogP contribution in [0.4, 0.5) is 0 Å². The molecule has 3 aromatic carbocycles. The van der Waals surface area contributed by atoms with Gasteiger partial charge in [0.25, 0.3) is 0 Å². The number of ether oxygens (including phenoxy) is 2. The summed E-state index contributed by atoms with van der Waals surface area (Å²) in [6.45, 7) is 4.46. The van der Waals surface area contributed by atoms with Gasteiger partial charge >= 0.3 is 0 Å². The molecule has 0 unspecified atom stereocenters. The summed E-state index contributed by atoms with van der Waals surface area (Å²) in [7, 11) is -2.09. The van der Waals surface area contributed by atoms with E-state index in [1.165, 1.54) is 24.3 Å². The van der Waals surface area contributed by atoms with Gasteiger partial charge in [-0.05, 0) is 78.1 Å². The van der Waals surface area contributed by atoms with Gasteiger partial charge in [0.05, 0.1) is 16.9 Å². The Hall–Kier alpha value is -2.99. The second-order valence-corrected chi connectivity index (χ2v) is 9.62. The molecule has 0 saturated heterocycles. The fourth-order valence-electron chi connectivity index (χ4n) is 3.59. The van der Waals surface area contributed by atoms with E-state index in [9.17, 15) is 13.5 Å². The third-order valence-electron chi connectivity index (χ3n) is 5.27. The normalized spacial score (nSPS) is 11.3. The van der Waals surface area contributed by atoms with Crippen LogP contribution >= 0.6 is 0 Å². The Labute approximate surface area is 190 Å². The lowest BCUT2D eigenvalue weighted by atomic mass is 10.0. The molecule has 0 bridgehead atoms. The zero-order valence-corrected chi connectivity index (χ0v) is 19.6. The first-order valence-electron chi connectivity index (χ1n) is 10.8. The monoisotopic (exact) mass is 454 g/mol. The van der Waals surface area contributed by atoms with Crippen LogP contribution in [0.25, 0.3) is 0 Å². The van der Waals surface area contributed by atoms with E-state index in [2.05, 4.69) is 6.92 Å². The van der Waals surface area contributed by atoms with Crippen molar-refractivity contribution in [1.29, 1.82) is 0 Å². The molecule has 0 spiro atoms. The van der Waals surface area contributed by atoms with Crippen LogP contribution in [0, 0.1) is 0 Å². The molecule has 170 valence electrons. The van der Waals surface area contributed by atoms with Gasteiger partial charge in [-0.1, -0.05) is 38.8 Å². The Morgan fingerprint density at radius 1 is 0.844 bits per heavy atom. The van der Waals surface area contributed by atoms with E-state index in [0.29, 0.717) is 24.3 Å². The Bertz CT molecular complexity index is 1130. The van der Waals surface area contributed by atoms with Gasteiger partial charge < -0.3 is 14.6 Å². The Morgan fingerprint density at radius 2 is 1.47 bits per heavy atom. The van der Waals surface area contributed by atoms with Crippen molar-refractivity contribution < 1.29 is 23.0 Å². The summed E-state index contributed by atoms with van der Waals surface area (Å²) >= 11 is 0. The predicted molar refractivity (Wildman–Crippen MR) is 125 cm³/mol. The molecule has 0 aliphatic rings. The van der Waals surface area contributed by atoms with Gasteiger partial charge in [-0.3, -0.25) is 0 Å². The minimum atomic E-state index is -3.72. The number of methoxy groups -OCH3 is 1. The molecule has 0 fully saturated rings. The lowest BCUT2D eigenvalue weighted by Gasteiger charge is -2.17. The minimum absolute atomic E-state index is 0.0340. The van der Waals surface area contributed by atoms with Crippen LogP contribution in [0.15, 0.2) is 70.5 Å². The quantitative estimate of drug-likeness (QED) is 0.424. The molecule has 0 aliphatic heterocycles. The van der Waals surface area contributed by atoms with Gasteiger partial charge in [-0.2, -0.15) is 0 Å². The van der Waals surface area contributed by atoms with Crippen molar-refractivity contribution in [3.63, 3.8) is 0 Å². The van der Waals surface area contributed by atoms with E-state index < -0.39 is 9.84 Å². The number of rotatable bonds is 10. The molecule has 32 heavy (non-hydrogen) atoms. The van der Waals surface area contributed by atoms with Gasteiger partial charge in [-0.25, -0.2) is 8.42 Å². The van der Waals surface area contributed by atoms with Crippen molar-refractivity contribution in [2.24, 2.45) is 0 Å². The number of phenols is 1. The Morgan fingerprint density at radius 3 is 2.06 bits per heavy atom. The molecule has 0 radical (unpaired) electrons. The van der Waals surface area contributed by atoms with Crippen molar-refractivity contribution >= 4 is 9.84 Å². The van der Waals surface area contributed by atoms with E-state index in [1.54, 1.807) is 13.2 Å². The molecule has 0 saturated carbocycles. The summed E-state index contributed by atoms with van der Waals surface area (Å²) in [5.74, 6) is 1.54. The third-order valence-corrected chi connectivity index (χ3v) is 7.12. The van der Waals surface area contributed by atoms with Crippen molar-refractivity contribution in [2.75, 3.05) is 7.11 Å². The fourth-order valence-corrected chi connectivity index (χ4v) is 5.15. The second-order valence-electron chi connectivity index (χ2n) is 7.70. The number of benzene rings is 3. The smallest absolute Gasteiger partial charge is 0.206 e. The topological polar surface area (TPSA) is 72.8 Å². The first-order chi connectivity index (χ1) is 15.4. The standard InChI is InChI=1S/C26H30O5S/c1-4-6-20-17-26(32(28,29)24-14-10-22(27)11-15-24)21(7-5-2)16-25(20)31-18-19-8-12-23(30-3)13-9-19/h8-17,27H,4-7,18H2,1-3H3. The predicted octanol–water partition coefficient (Wildman–Crippen LogP) is 5.72. The molecule has 6 heteroatoms. The van der Waals surface area contributed by atoms with Crippen LogP contribution in [-0.4, -0.2) is 20.6 Å². The molecule has 3 rings (SSSR count). The van der Waals surface area contributed by atoms with Gasteiger partial charge in [0, 0.05) is 0 Å². The maximum absolute atomic E-state index is 13.4. The molecular formula is C26H30O5S. The molecule has 0 aliphatic carbocycles. The minimum Gasteiger partial charge on any atom is -0.508 e. The average Bonchev–Trinajstić information content (AvgIpc) is 2.79. The zero-order chi connectivity index (χ0) is 23.1. The summed E-state index contributed by atoms with van der Waals surface area (Å²) in [6, 6.07) is 17.0. The number of sulfone groups is 1. The Balaban J connectivity index is 1.99. The first-order valence-corrected chi connectivity index (χ1v) is 12.3. The first kappa shape index (κ1) is 23.7. The van der Waals surface area contributed by atoms with E-state index in [4.69, 9.17) is 9.47 Å². The zero-order valence-electron chi connectivity index (χ0n) is 18.8. The van der Waals surface area contributed by atoms with E-state index in [1.807, 2.05) is 37.3 Å². The second kappa shape index (κ2) is 10.6. The highest BCUT2D eigenvalue weighted by atomic mass is 32.2. The molecule has 0 heterocycles. The van der Waals surface area contributed by atoms with Crippen LogP contribution in [0.1, 0.15) is 43.4 Å². The molecule has 1 N–H and O–H groups in total. The van der Waals surface area contributed by atoms with E-state index >= 15 is 0 Å². The van der Waals surface area contributed by atoms with Gasteiger partial charge in [0.2, 0.25) is 9.84 Å². The van der Waals surface area contributed by atoms with Crippen molar-refractivity contribution in [3.8, 4) is 17.2 Å². The highest BCUT2D eigenvalue weighted by Crippen LogP contribution is 2.33. The lowest BCUT2D eigenvalue weighted by Crippen LogP contribution is -2.09. The molecule has 0 aromatic heterocycles. The van der Waals surface area contributed by atoms with Crippen LogP contribution in [0.5, 0.6) is 17.2 Å². The highest BCUT2D eigenvalue weighted by molar-refractivity contribution is 7.91. The molecule has 0 amide bonds. The average molecular weight is 455 g/mol. The fraction of sp³-hybridized carbons (Fsp3) is 0.308. The van der Waals surface area contributed by atoms with Crippen LogP contribution in [-0.2, 0) is 29.3 Å². The van der Waals surface area contributed by atoms with Crippen LogP contribution in [0.2, 0.25) is 0 Å². The number of aromatic hydroxyl groups is 1. The molecule has 0 atom stereocenters. The van der Waals surface area contributed by atoms with Crippen LogP contribution < -0.4 is 9.47 Å². The van der Waals surface area contributed by atoms with Crippen molar-refractivity contribution in [3.05, 3.63) is 77.4 Å². The van der Waals surface area contributed by atoms with Gasteiger partial charge in [0.15, 0.2) is 0 Å². The number of phenolic OH excluding ortho intramolecular Hbond substituents is 1. The largest absolute Gasteiger partial charge is 0.508 e. The molecular weight excluding hydrogens is 424 g/mol. The lowest BCUT2D eigenvalue weighted by molar-refractivity contribution is 0.302. The summed E-state index contributed by atoms with van der Waals surface area (Å²) in [4.78, 5) is 0.479. The van der Waals surface area contributed by atoms with Gasteiger partial charge in [-0.15, -0.1) is 0 Å². The maximum Gasteiger partial charge on any atom is 0.206 e. The number of hydrogen-bond acceptors (Lipinski definition) is 5. The highest BCUT2D eigenvalue weighted by Gasteiger charge is 2.23. The summed E-state index contributed by atoms with van der Waals surface area (Å²) in [5.41, 5.74) is 2.62. The SMILES string of the molecule is CCCc1cc(S(=O)(=O)c2ccc(O)cc2)c(CCC)cc1OCc1ccc(OC)cc1. The summed E-state index contributed by atoms with van der Waals surface area (Å²) < 4.78 is 38.2. The van der Waals surface area contributed by atoms with Gasteiger partial charge in [0.1, 0.15) is 23.9 Å². The maximum atomic E-state index is 13.4.